The van der Waals surface area contributed by atoms with Crippen molar-refractivity contribution in [1.29, 1.82) is 0 Å². The van der Waals surface area contributed by atoms with E-state index in [1.807, 2.05) is 0 Å². The number of benzene rings is 2. The second kappa shape index (κ2) is 5.69. The van der Waals surface area contributed by atoms with Crippen molar-refractivity contribution in [1.82, 2.24) is 0 Å². The maximum absolute atomic E-state index is 13.6. The Balaban J connectivity index is 2.35. The first-order valence-electron chi connectivity index (χ1n) is 5.97. The second-order valence-electron chi connectivity index (χ2n) is 4.39. The van der Waals surface area contributed by atoms with Gasteiger partial charge in [0.05, 0.1) is 5.69 Å². The number of carbonyl (C=O) groups is 1. The number of carboxylic acids is 1. The van der Waals surface area contributed by atoms with Gasteiger partial charge in [0.1, 0.15) is 17.2 Å². The van der Waals surface area contributed by atoms with Gasteiger partial charge < -0.3 is 10.0 Å². The Morgan fingerprint density at radius 1 is 1.10 bits per heavy atom. The lowest BCUT2D eigenvalue weighted by Gasteiger charge is -2.21. The number of halogens is 2. The van der Waals surface area contributed by atoms with Gasteiger partial charge in [-0.2, -0.15) is 0 Å². The van der Waals surface area contributed by atoms with Gasteiger partial charge in [0.25, 0.3) is 0 Å². The Kier molecular flexibility index (Phi) is 3.98. The third-order valence-electron chi connectivity index (χ3n) is 2.98. The predicted molar refractivity (Wildman–Crippen MR) is 71.9 cm³/mol. The number of carboxylic acid groups (broad SMARTS) is 1. The molecular formula is C15H13F2NO2. The highest BCUT2D eigenvalue weighted by Crippen LogP contribution is 2.24. The molecule has 0 heterocycles. The second-order valence-corrected chi connectivity index (χ2v) is 4.39. The summed E-state index contributed by atoms with van der Waals surface area (Å²) in [6.07, 6.45) is 0. The molecule has 2 aromatic rings. The molecule has 20 heavy (non-hydrogen) atoms. The summed E-state index contributed by atoms with van der Waals surface area (Å²) in [5.74, 6) is -2.54. The van der Waals surface area contributed by atoms with Crippen molar-refractivity contribution in [2.75, 3.05) is 11.9 Å². The molecule has 104 valence electrons. The number of hydrogen-bond acceptors (Lipinski definition) is 2. The zero-order valence-corrected chi connectivity index (χ0v) is 10.8. The molecule has 1 N–H and O–H groups in total. The van der Waals surface area contributed by atoms with Crippen molar-refractivity contribution in [2.45, 2.75) is 6.54 Å². The van der Waals surface area contributed by atoms with Gasteiger partial charge in [-0.25, -0.2) is 13.6 Å². The number of anilines is 1. The molecule has 0 saturated carbocycles. The highest BCUT2D eigenvalue weighted by Gasteiger charge is 2.18. The molecule has 0 atom stereocenters. The van der Waals surface area contributed by atoms with Gasteiger partial charge in [-0.05, 0) is 18.2 Å². The lowest BCUT2D eigenvalue weighted by atomic mass is 10.1. The van der Waals surface area contributed by atoms with E-state index in [9.17, 15) is 13.6 Å². The molecule has 0 fully saturated rings. The molecule has 0 aliphatic heterocycles. The van der Waals surface area contributed by atoms with Gasteiger partial charge in [-0.3, -0.25) is 0 Å². The topological polar surface area (TPSA) is 40.5 Å². The van der Waals surface area contributed by atoms with Crippen molar-refractivity contribution in [3.8, 4) is 0 Å². The maximum Gasteiger partial charge on any atom is 0.340 e. The summed E-state index contributed by atoms with van der Waals surface area (Å²) in [4.78, 5) is 12.6. The van der Waals surface area contributed by atoms with Gasteiger partial charge in [-0.1, -0.05) is 24.3 Å². The van der Waals surface area contributed by atoms with Crippen molar-refractivity contribution in [2.24, 2.45) is 0 Å². The standard InChI is InChI=1S/C15H13F2NO2/c1-18(9-10-5-2-3-6-11(10)16)13-8-4-7-12(17)14(13)15(19)20/h2-8H,9H2,1H3,(H,19,20). The van der Waals surface area contributed by atoms with Crippen molar-refractivity contribution >= 4 is 11.7 Å². The molecule has 2 aromatic carbocycles. The minimum Gasteiger partial charge on any atom is -0.478 e. The van der Waals surface area contributed by atoms with Crippen LogP contribution in [-0.4, -0.2) is 18.1 Å². The van der Waals surface area contributed by atoms with Gasteiger partial charge >= 0.3 is 5.97 Å². The minimum atomic E-state index is -1.35. The molecule has 0 spiro atoms. The molecule has 0 aliphatic rings. The van der Waals surface area contributed by atoms with Gasteiger partial charge in [0.15, 0.2) is 0 Å². The molecule has 0 bridgehead atoms. The summed E-state index contributed by atoms with van der Waals surface area (Å²) >= 11 is 0. The van der Waals surface area contributed by atoms with E-state index in [1.54, 1.807) is 25.2 Å². The van der Waals surface area contributed by atoms with Crippen LogP contribution >= 0.6 is 0 Å². The zero-order chi connectivity index (χ0) is 14.7. The van der Waals surface area contributed by atoms with E-state index in [4.69, 9.17) is 5.11 Å². The minimum absolute atomic E-state index is 0.149. The Morgan fingerprint density at radius 2 is 1.75 bits per heavy atom. The Morgan fingerprint density at radius 3 is 2.40 bits per heavy atom. The average Bonchev–Trinajstić information content (AvgIpc) is 2.40. The van der Waals surface area contributed by atoms with Crippen molar-refractivity contribution in [3.05, 3.63) is 65.2 Å². The van der Waals surface area contributed by atoms with Crippen molar-refractivity contribution in [3.63, 3.8) is 0 Å². The molecule has 2 rings (SSSR count). The van der Waals surface area contributed by atoms with E-state index in [1.165, 1.54) is 23.1 Å². The Bertz CT molecular complexity index is 644. The third kappa shape index (κ3) is 2.77. The van der Waals surface area contributed by atoms with Crippen LogP contribution in [0.15, 0.2) is 42.5 Å². The van der Waals surface area contributed by atoms with E-state index in [2.05, 4.69) is 0 Å². The number of rotatable bonds is 4. The first-order chi connectivity index (χ1) is 9.50. The quantitative estimate of drug-likeness (QED) is 0.932. The van der Waals surface area contributed by atoms with Gasteiger partial charge in [0, 0.05) is 19.2 Å². The summed E-state index contributed by atoms with van der Waals surface area (Å²) < 4.78 is 27.2. The lowest BCUT2D eigenvalue weighted by molar-refractivity contribution is 0.0692. The van der Waals surface area contributed by atoms with E-state index in [0.29, 0.717) is 5.56 Å². The summed E-state index contributed by atoms with van der Waals surface area (Å²) in [7, 11) is 1.59. The summed E-state index contributed by atoms with van der Waals surface area (Å²) in [5, 5.41) is 9.08. The zero-order valence-electron chi connectivity index (χ0n) is 10.8. The molecule has 0 radical (unpaired) electrons. The number of nitrogens with zero attached hydrogens (tertiary/aromatic N) is 1. The number of aromatic carboxylic acids is 1. The fraction of sp³-hybridized carbons (Fsp3) is 0.133. The molecule has 0 amide bonds. The molecule has 0 unspecified atom stereocenters. The first-order valence-corrected chi connectivity index (χ1v) is 5.97. The Labute approximate surface area is 115 Å². The van der Waals surface area contributed by atoms with Crippen LogP contribution in [0.2, 0.25) is 0 Å². The maximum atomic E-state index is 13.6. The summed E-state index contributed by atoms with van der Waals surface area (Å²) in [5.41, 5.74) is 0.211. The summed E-state index contributed by atoms with van der Waals surface area (Å²) in [6, 6.07) is 10.2. The molecule has 0 aromatic heterocycles. The Hall–Kier alpha value is -2.43. The highest BCUT2D eigenvalue weighted by atomic mass is 19.1. The molecule has 0 aliphatic carbocycles. The van der Waals surface area contributed by atoms with Crippen LogP contribution < -0.4 is 4.90 Å². The fourth-order valence-corrected chi connectivity index (χ4v) is 2.01. The third-order valence-corrected chi connectivity index (χ3v) is 2.98. The lowest BCUT2D eigenvalue weighted by Crippen LogP contribution is -2.20. The van der Waals surface area contributed by atoms with Crippen LogP contribution in [0.3, 0.4) is 0 Å². The van der Waals surface area contributed by atoms with E-state index >= 15 is 0 Å². The van der Waals surface area contributed by atoms with Crippen LogP contribution in [0.1, 0.15) is 15.9 Å². The van der Waals surface area contributed by atoms with Crippen LogP contribution in [0, 0.1) is 11.6 Å². The van der Waals surface area contributed by atoms with Crippen molar-refractivity contribution < 1.29 is 18.7 Å². The van der Waals surface area contributed by atoms with E-state index in [-0.39, 0.29) is 18.0 Å². The molecule has 3 nitrogen and oxygen atoms in total. The molecule has 5 heteroatoms. The van der Waals surface area contributed by atoms with E-state index in [0.717, 1.165) is 6.07 Å². The summed E-state index contributed by atoms with van der Waals surface area (Å²) in [6.45, 7) is 0.149. The highest BCUT2D eigenvalue weighted by molar-refractivity contribution is 5.94. The van der Waals surface area contributed by atoms with Gasteiger partial charge in [-0.15, -0.1) is 0 Å². The predicted octanol–water partition coefficient (Wildman–Crippen LogP) is 3.30. The monoisotopic (exact) mass is 277 g/mol. The van der Waals surface area contributed by atoms with Gasteiger partial charge in [0.2, 0.25) is 0 Å². The smallest absolute Gasteiger partial charge is 0.340 e. The first kappa shape index (κ1) is 14.0. The van der Waals surface area contributed by atoms with Crippen LogP contribution in [0.5, 0.6) is 0 Å². The number of hydrogen-bond donors (Lipinski definition) is 1. The molecule has 0 saturated heterocycles. The largest absolute Gasteiger partial charge is 0.478 e. The van der Waals surface area contributed by atoms with Crippen LogP contribution in [-0.2, 0) is 6.54 Å². The molecular weight excluding hydrogens is 264 g/mol. The van der Waals surface area contributed by atoms with E-state index < -0.39 is 17.3 Å². The average molecular weight is 277 g/mol. The van der Waals surface area contributed by atoms with Crippen LogP contribution in [0.4, 0.5) is 14.5 Å². The fourth-order valence-electron chi connectivity index (χ4n) is 2.01. The van der Waals surface area contributed by atoms with Crippen LogP contribution in [0.25, 0.3) is 0 Å². The SMILES string of the molecule is CN(Cc1ccccc1F)c1cccc(F)c1C(=O)O. The normalized spacial score (nSPS) is 10.3.